The lowest BCUT2D eigenvalue weighted by Crippen LogP contribution is -2.29. The van der Waals surface area contributed by atoms with Crippen molar-refractivity contribution in [3.63, 3.8) is 0 Å². The van der Waals surface area contributed by atoms with Crippen LogP contribution < -0.4 is 10.6 Å². The largest absolute Gasteiger partial charge is 0.465 e. The third-order valence-electron chi connectivity index (χ3n) is 2.74. The Morgan fingerprint density at radius 3 is 2.44 bits per heavy atom. The molecule has 0 aliphatic heterocycles. The lowest BCUT2D eigenvalue weighted by molar-refractivity contribution is 0.0601. The van der Waals surface area contributed by atoms with E-state index in [4.69, 9.17) is 5.73 Å². The van der Waals surface area contributed by atoms with Gasteiger partial charge in [0.05, 0.1) is 24.0 Å². The normalized spacial score (nSPS) is 10.5. The summed E-state index contributed by atoms with van der Waals surface area (Å²) in [6.45, 7) is 1.81. The molecule has 100 valence electrons. The molecule has 0 amide bonds. The molecule has 0 spiro atoms. The van der Waals surface area contributed by atoms with Gasteiger partial charge < -0.3 is 20.3 Å². The fraction of sp³-hybridized carbons (Fsp3) is 0.462. The molecule has 1 aromatic rings. The second-order valence-electron chi connectivity index (χ2n) is 4.49. The number of nitrogens with two attached hydrogens (primary N) is 1. The summed E-state index contributed by atoms with van der Waals surface area (Å²) in [6, 6.07) is 5.22. The van der Waals surface area contributed by atoms with Crippen molar-refractivity contribution in [3.05, 3.63) is 23.8 Å². The molecule has 0 radical (unpaired) electrons. The molecule has 0 heterocycles. The minimum Gasteiger partial charge on any atom is -0.465 e. The summed E-state index contributed by atoms with van der Waals surface area (Å²) in [5.41, 5.74) is 7.93. The third kappa shape index (κ3) is 3.63. The van der Waals surface area contributed by atoms with Gasteiger partial charge in [0.15, 0.2) is 0 Å². The number of carbonyl (C=O) groups is 1. The quantitative estimate of drug-likeness (QED) is 0.626. The van der Waals surface area contributed by atoms with Gasteiger partial charge in [-0.15, -0.1) is 0 Å². The first-order chi connectivity index (χ1) is 8.45. The first kappa shape index (κ1) is 14.3. The number of likely N-dealkylation sites (N-methyl/N-ethyl adjacent to an activating group) is 2. The maximum atomic E-state index is 11.4. The SMILES string of the molecule is COC(=O)c1ccc(N(C)CCN(C)C)c(N)c1. The zero-order valence-corrected chi connectivity index (χ0v) is 11.4. The molecule has 0 aliphatic rings. The summed E-state index contributed by atoms with van der Waals surface area (Å²) in [6.07, 6.45) is 0. The van der Waals surface area contributed by atoms with Crippen molar-refractivity contribution in [3.8, 4) is 0 Å². The van der Waals surface area contributed by atoms with Crippen molar-refractivity contribution in [1.29, 1.82) is 0 Å². The van der Waals surface area contributed by atoms with Gasteiger partial charge in [-0.05, 0) is 32.3 Å². The van der Waals surface area contributed by atoms with Gasteiger partial charge in [0.25, 0.3) is 0 Å². The van der Waals surface area contributed by atoms with Gasteiger partial charge in [-0.25, -0.2) is 4.79 Å². The number of methoxy groups -OCH3 is 1. The van der Waals surface area contributed by atoms with E-state index in [0.29, 0.717) is 11.3 Å². The molecule has 0 fully saturated rings. The molecular weight excluding hydrogens is 230 g/mol. The maximum absolute atomic E-state index is 11.4. The standard InChI is InChI=1S/C13H21N3O2/c1-15(2)7-8-16(3)12-6-5-10(9-11(12)14)13(17)18-4/h5-6,9H,7-8,14H2,1-4H3. The van der Waals surface area contributed by atoms with Crippen molar-refractivity contribution in [2.45, 2.75) is 0 Å². The Morgan fingerprint density at radius 2 is 1.94 bits per heavy atom. The van der Waals surface area contributed by atoms with E-state index in [1.165, 1.54) is 7.11 Å². The second-order valence-corrected chi connectivity index (χ2v) is 4.49. The van der Waals surface area contributed by atoms with Crippen LogP contribution >= 0.6 is 0 Å². The maximum Gasteiger partial charge on any atom is 0.337 e. The van der Waals surface area contributed by atoms with E-state index >= 15 is 0 Å². The topological polar surface area (TPSA) is 58.8 Å². The first-order valence-corrected chi connectivity index (χ1v) is 5.79. The molecule has 5 heteroatoms. The Morgan fingerprint density at radius 1 is 1.28 bits per heavy atom. The average Bonchev–Trinajstić information content (AvgIpc) is 2.34. The number of esters is 1. The fourth-order valence-corrected chi connectivity index (χ4v) is 1.62. The van der Waals surface area contributed by atoms with E-state index < -0.39 is 0 Å². The number of nitrogens with zero attached hydrogens (tertiary/aromatic N) is 2. The molecule has 0 saturated heterocycles. The number of anilines is 2. The van der Waals surface area contributed by atoms with E-state index in [2.05, 4.69) is 14.5 Å². The highest BCUT2D eigenvalue weighted by Gasteiger charge is 2.10. The number of hydrogen-bond donors (Lipinski definition) is 1. The first-order valence-electron chi connectivity index (χ1n) is 5.79. The molecular formula is C13H21N3O2. The van der Waals surface area contributed by atoms with Crippen LogP contribution in [0.1, 0.15) is 10.4 Å². The molecule has 18 heavy (non-hydrogen) atoms. The minimum atomic E-state index is -0.371. The lowest BCUT2D eigenvalue weighted by Gasteiger charge is -2.23. The van der Waals surface area contributed by atoms with E-state index in [1.807, 2.05) is 27.2 Å². The molecule has 0 aromatic heterocycles. The predicted molar refractivity (Wildman–Crippen MR) is 74.0 cm³/mol. The second kappa shape index (κ2) is 6.26. The highest BCUT2D eigenvalue weighted by atomic mass is 16.5. The van der Waals surface area contributed by atoms with Crippen LogP contribution in [0.25, 0.3) is 0 Å². The molecule has 5 nitrogen and oxygen atoms in total. The summed E-state index contributed by atoms with van der Waals surface area (Å²) < 4.78 is 4.66. The van der Waals surface area contributed by atoms with Crippen molar-refractivity contribution in [2.75, 3.05) is 52.0 Å². The molecule has 0 unspecified atom stereocenters. The van der Waals surface area contributed by atoms with Gasteiger partial charge in [-0.1, -0.05) is 0 Å². The Bertz CT molecular complexity index is 419. The van der Waals surface area contributed by atoms with Gasteiger partial charge in [-0.2, -0.15) is 0 Å². The third-order valence-corrected chi connectivity index (χ3v) is 2.74. The van der Waals surface area contributed by atoms with Crippen molar-refractivity contribution in [1.82, 2.24) is 4.90 Å². The van der Waals surface area contributed by atoms with Crippen LogP contribution in [-0.4, -0.2) is 52.2 Å². The minimum absolute atomic E-state index is 0.371. The van der Waals surface area contributed by atoms with Gasteiger partial charge in [0.1, 0.15) is 0 Å². The average molecular weight is 251 g/mol. The Hall–Kier alpha value is -1.75. The van der Waals surface area contributed by atoms with Gasteiger partial charge >= 0.3 is 5.97 Å². The molecule has 0 atom stereocenters. The van der Waals surface area contributed by atoms with Crippen molar-refractivity contribution < 1.29 is 9.53 Å². The van der Waals surface area contributed by atoms with E-state index in [1.54, 1.807) is 12.1 Å². The molecule has 0 bridgehead atoms. The van der Waals surface area contributed by atoms with Crippen LogP contribution in [0.3, 0.4) is 0 Å². The van der Waals surface area contributed by atoms with E-state index in [-0.39, 0.29) is 5.97 Å². The summed E-state index contributed by atoms with van der Waals surface area (Å²) >= 11 is 0. The molecule has 0 saturated carbocycles. The van der Waals surface area contributed by atoms with Crippen molar-refractivity contribution in [2.24, 2.45) is 0 Å². The van der Waals surface area contributed by atoms with E-state index in [0.717, 1.165) is 18.8 Å². The summed E-state index contributed by atoms with van der Waals surface area (Å²) in [7, 11) is 7.39. The van der Waals surface area contributed by atoms with Crippen LogP contribution in [0, 0.1) is 0 Å². The van der Waals surface area contributed by atoms with Gasteiger partial charge in [0.2, 0.25) is 0 Å². The number of rotatable bonds is 5. The highest BCUT2D eigenvalue weighted by Crippen LogP contribution is 2.23. The van der Waals surface area contributed by atoms with Crippen LogP contribution in [0.5, 0.6) is 0 Å². The summed E-state index contributed by atoms with van der Waals surface area (Å²) in [5, 5.41) is 0. The van der Waals surface area contributed by atoms with Crippen LogP contribution in [0.4, 0.5) is 11.4 Å². The number of hydrogen-bond acceptors (Lipinski definition) is 5. The lowest BCUT2D eigenvalue weighted by atomic mass is 10.1. The molecule has 1 aromatic carbocycles. The highest BCUT2D eigenvalue weighted by molar-refractivity contribution is 5.91. The Kier molecular flexibility index (Phi) is 4.97. The Labute approximate surface area is 108 Å². The Balaban J connectivity index is 2.81. The van der Waals surface area contributed by atoms with Crippen LogP contribution in [0.15, 0.2) is 18.2 Å². The smallest absolute Gasteiger partial charge is 0.337 e. The summed E-state index contributed by atoms with van der Waals surface area (Å²) in [4.78, 5) is 15.5. The fourth-order valence-electron chi connectivity index (χ4n) is 1.62. The van der Waals surface area contributed by atoms with E-state index in [9.17, 15) is 4.79 Å². The summed E-state index contributed by atoms with van der Waals surface area (Å²) in [5.74, 6) is -0.371. The zero-order chi connectivity index (χ0) is 13.7. The van der Waals surface area contributed by atoms with Gasteiger partial charge in [-0.3, -0.25) is 0 Å². The monoisotopic (exact) mass is 251 g/mol. The number of ether oxygens (including phenoxy) is 1. The van der Waals surface area contributed by atoms with Crippen molar-refractivity contribution >= 4 is 17.3 Å². The zero-order valence-electron chi connectivity index (χ0n) is 11.4. The van der Waals surface area contributed by atoms with Crippen LogP contribution in [0.2, 0.25) is 0 Å². The van der Waals surface area contributed by atoms with Crippen LogP contribution in [-0.2, 0) is 4.74 Å². The van der Waals surface area contributed by atoms with Gasteiger partial charge in [0, 0.05) is 20.1 Å². The number of nitrogen functional groups attached to an aromatic ring is 1. The molecule has 0 aliphatic carbocycles. The molecule has 2 N–H and O–H groups in total. The predicted octanol–water partition coefficient (Wildman–Crippen LogP) is 1.05. The number of benzene rings is 1. The number of carbonyl (C=O) groups excluding carboxylic acids is 1. The molecule has 1 rings (SSSR count).